The molecule has 2 heterocycles. The largest absolute Gasteiger partial charge is 0.356 e. The van der Waals surface area contributed by atoms with Crippen LogP contribution in [0.2, 0.25) is 0 Å². The first-order chi connectivity index (χ1) is 17.3. The van der Waals surface area contributed by atoms with Crippen LogP contribution in [0.1, 0.15) is 60.7 Å². The van der Waals surface area contributed by atoms with E-state index in [-0.39, 0.29) is 17.4 Å². The Hall–Kier alpha value is -2.92. The van der Waals surface area contributed by atoms with Gasteiger partial charge >= 0.3 is 0 Å². The Morgan fingerprint density at radius 1 is 0.972 bits per heavy atom. The van der Waals surface area contributed by atoms with Gasteiger partial charge in [-0.3, -0.25) is 4.79 Å². The molecule has 5 rings (SSSR count). The van der Waals surface area contributed by atoms with Crippen molar-refractivity contribution >= 4 is 29.4 Å². The number of nitrogens with zero attached hydrogens (tertiary/aromatic N) is 2. The van der Waals surface area contributed by atoms with Crippen LogP contribution in [0, 0.1) is 33.6 Å². The maximum absolute atomic E-state index is 13.9. The van der Waals surface area contributed by atoms with E-state index in [4.69, 9.17) is 0 Å². The molecule has 0 bridgehead atoms. The van der Waals surface area contributed by atoms with E-state index in [2.05, 4.69) is 91.9 Å². The molecule has 1 aliphatic heterocycles. The fourth-order valence-corrected chi connectivity index (χ4v) is 6.99. The van der Waals surface area contributed by atoms with Gasteiger partial charge in [0.25, 0.3) is 5.91 Å². The molecule has 1 aromatic heterocycles. The SMILES string of the molecule is Cc1cccc(-n2c(C)cc(/C=C3\SC(Nc4ccccc4)N([C@H]4CCCC[C@@H]4C)C3=O)c2C)c1C. The first kappa shape index (κ1) is 24.8. The Kier molecular flexibility index (Phi) is 7.03. The van der Waals surface area contributed by atoms with Crippen molar-refractivity contribution in [2.75, 3.05) is 5.32 Å². The van der Waals surface area contributed by atoms with E-state index >= 15 is 0 Å². The standard InChI is InChI=1S/C31H37N3OS/c1-20-13-11-17-28(23(20)4)33-22(3)18-25(24(33)5)19-29-30(35)34(27-16-10-9-12-21(27)2)31(36-29)32-26-14-7-6-8-15-26/h6-8,11,13-15,17-19,21,27,31-32H,9-10,12,16H2,1-5H3/b29-19-/t21-,27-,31?/m0/s1. The smallest absolute Gasteiger partial charge is 0.262 e. The van der Waals surface area contributed by atoms with Crippen molar-refractivity contribution < 1.29 is 4.79 Å². The average molecular weight is 500 g/mol. The number of hydrogen-bond acceptors (Lipinski definition) is 3. The highest BCUT2D eigenvalue weighted by molar-refractivity contribution is 8.05. The summed E-state index contributed by atoms with van der Waals surface area (Å²) in [6.45, 7) is 11.0. The molecule has 2 aliphatic rings. The predicted molar refractivity (Wildman–Crippen MR) is 152 cm³/mol. The average Bonchev–Trinajstić information content (AvgIpc) is 3.31. The van der Waals surface area contributed by atoms with Gasteiger partial charge in [0.2, 0.25) is 0 Å². The lowest BCUT2D eigenvalue weighted by atomic mass is 9.85. The van der Waals surface area contributed by atoms with Crippen molar-refractivity contribution in [1.29, 1.82) is 0 Å². The summed E-state index contributed by atoms with van der Waals surface area (Å²) < 4.78 is 2.32. The Balaban J connectivity index is 1.51. The normalized spacial score (nSPS) is 23.5. The third kappa shape index (κ3) is 4.61. The predicted octanol–water partition coefficient (Wildman–Crippen LogP) is 7.60. The summed E-state index contributed by atoms with van der Waals surface area (Å²) in [5, 5.41) is 3.65. The summed E-state index contributed by atoms with van der Waals surface area (Å²) in [7, 11) is 0. The van der Waals surface area contributed by atoms with Crippen LogP contribution >= 0.6 is 11.8 Å². The summed E-state index contributed by atoms with van der Waals surface area (Å²) in [5.41, 5.74) is 8.19. The summed E-state index contributed by atoms with van der Waals surface area (Å²) in [6, 6.07) is 19.2. The zero-order valence-corrected chi connectivity index (χ0v) is 22.9. The third-order valence-corrected chi connectivity index (χ3v) is 9.11. The van der Waals surface area contributed by atoms with E-state index in [0.29, 0.717) is 5.92 Å². The first-order valence-electron chi connectivity index (χ1n) is 13.1. The molecule has 5 heteroatoms. The number of aryl methyl sites for hydroxylation is 2. The van der Waals surface area contributed by atoms with Crippen molar-refractivity contribution in [3.63, 3.8) is 0 Å². The molecular formula is C31H37N3OS. The van der Waals surface area contributed by atoms with Gasteiger partial charge in [-0.05, 0) is 93.5 Å². The molecule has 1 N–H and O–H groups in total. The molecule has 2 aromatic carbocycles. The van der Waals surface area contributed by atoms with Gasteiger partial charge in [-0.2, -0.15) is 0 Å². The van der Waals surface area contributed by atoms with Gasteiger partial charge in [0.15, 0.2) is 5.50 Å². The molecule has 188 valence electrons. The second kappa shape index (κ2) is 10.2. The van der Waals surface area contributed by atoms with E-state index in [1.165, 1.54) is 47.5 Å². The van der Waals surface area contributed by atoms with Gasteiger partial charge in [-0.25, -0.2) is 0 Å². The molecule has 36 heavy (non-hydrogen) atoms. The number of aromatic nitrogens is 1. The number of carbonyl (C=O) groups is 1. The van der Waals surface area contributed by atoms with Crippen LogP contribution < -0.4 is 5.32 Å². The number of amides is 1. The molecule has 0 radical (unpaired) electrons. The zero-order chi connectivity index (χ0) is 25.4. The van der Waals surface area contributed by atoms with Gasteiger partial charge in [-0.1, -0.05) is 61.9 Å². The maximum Gasteiger partial charge on any atom is 0.262 e. The van der Waals surface area contributed by atoms with Crippen molar-refractivity contribution in [2.24, 2.45) is 5.92 Å². The third-order valence-electron chi connectivity index (χ3n) is 8.00. The quantitative estimate of drug-likeness (QED) is 0.367. The minimum absolute atomic E-state index is 0.0980. The molecule has 1 saturated heterocycles. The number of benzene rings is 2. The van der Waals surface area contributed by atoms with Gasteiger partial charge < -0.3 is 14.8 Å². The molecule has 3 atom stereocenters. The number of anilines is 1. The van der Waals surface area contributed by atoms with Crippen LogP contribution in [0.3, 0.4) is 0 Å². The van der Waals surface area contributed by atoms with Crippen molar-refractivity contribution in [1.82, 2.24) is 9.47 Å². The molecule has 1 unspecified atom stereocenters. The Bertz CT molecular complexity index is 1290. The van der Waals surface area contributed by atoms with E-state index < -0.39 is 0 Å². The lowest BCUT2D eigenvalue weighted by Gasteiger charge is -2.39. The summed E-state index contributed by atoms with van der Waals surface area (Å²) >= 11 is 1.65. The van der Waals surface area contributed by atoms with Crippen molar-refractivity contribution in [2.45, 2.75) is 71.8 Å². The Labute approximate surface area is 219 Å². The van der Waals surface area contributed by atoms with Gasteiger partial charge in [0.05, 0.1) is 4.91 Å². The van der Waals surface area contributed by atoms with Crippen LogP contribution in [0.4, 0.5) is 5.69 Å². The zero-order valence-electron chi connectivity index (χ0n) is 22.0. The number of hydrogen-bond donors (Lipinski definition) is 1. The van der Waals surface area contributed by atoms with Crippen LogP contribution in [0.15, 0.2) is 59.5 Å². The van der Waals surface area contributed by atoms with Crippen molar-refractivity contribution in [3.8, 4) is 5.69 Å². The molecule has 3 aromatic rings. The van der Waals surface area contributed by atoms with Crippen LogP contribution in [0.25, 0.3) is 11.8 Å². The monoisotopic (exact) mass is 499 g/mol. The molecule has 1 saturated carbocycles. The molecular weight excluding hydrogens is 462 g/mol. The first-order valence-corrected chi connectivity index (χ1v) is 14.0. The van der Waals surface area contributed by atoms with Crippen molar-refractivity contribution in [3.05, 3.63) is 87.6 Å². The number of rotatable bonds is 5. The fraction of sp³-hybridized carbons (Fsp3) is 0.387. The maximum atomic E-state index is 13.9. The van der Waals surface area contributed by atoms with E-state index in [0.717, 1.165) is 22.6 Å². The number of para-hydroxylation sites is 1. The Morgan fingerprint density at radius 3 is 2.47 bits per heavy atom. The molecule has 1 aliphatic carbocycles. The number of thioether (sulfide) groups is 1. The van der Waals surface area contributed by atoms with Gasteiger partial charge in [0, 0.05) is 28.8 Å². The van der Waals surface area contributed by atoms with Crippen LogP contribution in [-0.2, 0) is 4.79 Å². The lowest BCUT2D eigenvalue weighted by Crippen LogP contribution is -2.48. The second-order valence-corrected chi connectivity index (χ2v) is 11.5. The van der Waals surface area contributed by atoms with Crippen LogP contribution in [0.5, 0.6) is 0 Å². The highest BCUT2D eigenvalue weighted by Crippen LogP contribution is 2.42. The van der Waals surface area contributed by atoms with Gasteiger partial charge in [-0.15, -0.1) is 0 Å². The topological polar surface area (TPSA) is 37.3 Å². The van der Waals surface area contributed by atoms with E-state index in [1.807, 2.05) is 18.2 Å². The summed E-state index contributed by atoms with van der Waals surface area (Å²) in [5.74, 6) is 0.667. The Morgan fingerprint density at radius 2 is 1.72 bits per heavy atom. The fourth-order valence-electron chi connectivity index (χ4n) is 5.79. The molecule has 1 amide bonds. The van der Waals surface area contributed by atoms with E-state index in [9.17, 15) is 4.79 Å². The molecule has 0 spiro atoms. The van der Waals surface area contributed by atoms with Gasteiger partial charge in [0.1, 0.15) is 0 Å². The highest BCUT2D eigenvalue weighted by atomic mass is 32.2. The molecule has 2 fully saturated rings. The second-order valence-electron chi connectivity index (χ2n) is 10.4. The van der Waals surface area contributed by atoms with Crippen LogP contribution in [-0.4, -0.2) is 26.9 Å². The highest BCUT2D eigenvalue weighted by Gasteiger charge is 2.43. The minimum atomic E-state index is -0.0980. The number of carbonyl (C=O) groups excluding carboxylic acids is 1. The molecule has 4 nitrogen and oxygen atoms in total. The number of nitrogens with one attached hydrogen (secondary N) is 1. The van der Waals surface area contributed by atoms with E-state index in [1.54, 1.807) is 11.8 Å². The minimum Gasteiger partial charge on any atom is -0.356 e. The summed E-state index contributed by atoms with van der Waals surface area (Å²) in [4.78, 5) is 16.9. The summed E-state index contributed by atoms with van der Waals surface area (Å²) in [6.07, 6.45) is 6.83. The lowest BCUT2D eigenvalue weighted by molar-refractivity contribution is -0.129.